The molecule has 0 saturated heterocycles. The first-order chi connectivity index (χ1) is 16.8. The Bertz CT molecular complexity index is 1740. The summed E-state index contributed by atoms with van der Waals surface area (Å²) in [5.41, 5.74) is -0.0912. The number of hydrogen-bond donors (Lipinski definition) is 2. The number of methoxy groups -OCH3 is 1. The summed E-state index contributed by atoms with van der Waals surface area (Å²) in [5.74, 6) is -0.361. The molecule has 1 heterocycles. The zero-order valence-corrected chi connectivity index (χ0v) is 27.3. The number of rotatable bonds is 5. The van der Waals surface area contributed by atoms with E-state index in [2.05, 4.69) is 9.71 Å². The van der Waals surface area contributed by atoms with Crippen LogP contribution < -0.4 is 79.8 Å². The molecule has 2 N–H and O–H groups in total. The average molecular weight is 560 g/mol. The third kappa shape index (κ3) is 6.80. The second-order valence-corrected chi connectivity index (χ2v) is 11.3. The van der Waals surface area contributed by atoms with E-state index >= 15 is 4.39 Å². The third-order valence-electron chi connectivity index (χ3n) is 5.72. The molecule has 0 aliphatic carbocycles. The largest absolute Gasteiger partial charge is 1.00 e. The van der Waals surface area contributed by atoms with E-state index in [-0.39, 0.29) is 73.2 Å². The third-order valence-corrected chi connectivity index (χ3v) is 6.33. The van der Waals surface area contributed by atoms with E-state index in [1.807, 2.05) is 20.8 Å². The number of aromatic amines is 1. The monoisotopic (exact) mass is 559 g/mol. The van der Waals surface area contributed by atoms with Crippen LogP contribution in [0, 0.1) is 5.82 Å². The van der Waals surface area contributed by atoms with Crippen LogP contribution in [0.4, 0.5) is 10.1 Å². The van der Waals surface area contributed by atoms with Crippen molar-refractivity contribution in [1.29, 1.82) is 0 Å². The zero-order chi connectivity index (χ0) is 26.4. The summed E-state index contributed by atoms with van der Waals surface area (Å²) in [4.78, 5) is 26.3. The van der Waals surface area contributed by atoms with Gasteiger partial charge in [-0.05, 0) is 46.0 Å². The number of H-pyrrole nitrogens is 1. The quantitative estimate of drug-likeness (QED) is 0.286. The first-order valence-electron chi connectivity index (χ1n) is 11.0. The van der Waals surface area contributed by atoms with Crippen molar-refractivity contribution in [3.05, 3.63) is 86.9 Å². The Kier molecular flexibility index (Phi) is 10.3. The Balaban J connectivity index is 0.00000380. The van der Waals surface area contributed by atoms with E-state index in [1.54, 1.807) is 42.5 Å². The van der Waals surface area contributed by atoms with Gasteiger partial charge in [0.2, 0.25) is 10.0 Å². The van der Waals surface area contributed by atoms with Crippen molar-refractivity contribution in [2.45, 2.75) is 26.2 Å². The van der Waals surface area contributed by atoms with Crippen LogP contribution in [-0.2, 0) is 15.4 Å². The molecule has 0 aliphatic rings. The van der Waals surface area contributed by atoms with Gasteiger partial charge in [-0.25, -0.2) is 17.6 Å². The SMILES string of the molecule is COc1c(C(C)(C)C)cc(-n2ccc(=O)[nH]c2=O)c(F)c1-c1ccc2cc(NS(C)(=O)=O)ccc2c1.[H-].[H-].[Na+].[Na+]. The molecule has 1 aromatic heterocycles. The molecule has 0 bridgehead atoms. The number of aromatic nitrogens is 2. The van der Waals surface area contributed by atoms with Crippen LogP contribution in [0.15, 0.2) is 64.3 Å². The van der Waals surface area contributed by atoms with E-state index in [9.17, 15) is 18.0 Å². The molecule has 3 aromatic carbocycles. The fraction of sp³-hybridized carbons (Fsp3) is 0.231. The molecular weight excluding hydrogens is 531 g/mol. The molecule has 0 aliphatic heterocycles. The topological polar surface area (TPSA) is 110 Å². The average Bonchev–Trinajstić information content (AvgIpc) is 2.77. The first-order valence-corrected chi connectivity index (χ1v) is 12.9. The number of halogens is 1. The van der Waals surface area contributed by atoms with Gasteiger partial charge in [-0.2, -0.15) is 0 Å². The van der Waals surface area contributed by atoms with E-state index in [4.69, 9.17) is 4.74 Å². The maximum Gasteiger partial charge on any atom is 1.00 e. The number of nitrogens with zero attached hydrogens (tertiary/aromatic N) is 1. The molecule has 192 valence electrons. The Morgan fingerprint density at radius 2 is 1.63 bits per heavy atom. The predicted molar refractivity (Wildman–Crippen MR) is 142 cm³/mol. The second-order valence-electron chi connectivity index (χ2n) is 9.55. The minimum Gasteiger partial charge on any atom is -1.00 e. The van der Waals surface area contributed by atoms with Crippen LogP contribution in [0.2, 0.25) is 0 Å². The number of hydrogen-bond acceptors (Lipinski definition) is 5. The molecule has 38 heavy (non-hydrogen) atoms. The van der Waals surface area contributed by atoms with Gasteiger partial charge in [0.15, 0.2) is 5.82 Å². The van der Waals surface area contributed by atoms with E-state index in [0.29, 0.717) is 22.6 Å². The summed E-state index contributed by atoms with van der Waals surface area (Å²) in [7, 11) is -1.97. The van der Waals surface area contributed by atoms with Gasteiger partial charge in [0.1, 0.15) is 5.75 Å². The number of nitrogens with one attached hydrogen (secondary N) is 2. The molecule has 8 nitrogen and oxygen atoms in total. The summed E-state index contributed by atoms with van der Waals surface area (Å²) in [6, 6.07) is 13.0. The van der Waals surface area contributed by atoms with Gasteiger partial charge < -0.3 is 7.59 Å². The Hall–Kier alpha value is -1.92. The van der Waals surface area contributed by atoms with Gasteiger partial charge in [-0.3, -0.25) is 19.1 Å². The Morgan fingerprint density at radius 1 is 1.00 bits per heavy atom. The van der Waals surface area contributed by atoms with Gasteiger partial charge in [0, 0.05) is 23.5 Å². The van der Waals surface area contributed by atoms with Crippen molar-refractivity contribution in [1.82, 2.24) is 9.55 Å². The molecule has 4 aromatic rings. The summed E-state index contributed by atoms with van der Waals surface area (Å²) in [6.45, 7) is 5.84. The van der Waals surface area contributed by atoms with Crippen molar-refractivity contribution in [2.24, 2.45) is 0 Å². The molecule has 0 fully saturated rings. The van der Waals surface area contributed by atoms with E-state index in [0.717, 1.165) is 27.7 Å². The smallest absolute Gasteiger partial charge is 1.00 e. The molecule has 0 radical (unpaired) electrons. The van der Waals surface area contributed by atoms with E-state index < -0.39 is 32.5 Å². The van der Waals surface area contributed by atoms with Crippen molar-refractivity contribution in [2.75, 3.05) is 18.1 Å². The number of sulfonamides is 1. The van der Waals surface area contributed by atoms with Crippen LogP contribution >= 0.6 is 0 Å². The molecule has 0 unspecified atom stereocenters. The summed E-state index contributed by atoms with van der Waals surface area (Å²) >= 11 is 0. The minimum atomic E-state index is -3.43. The molecule has 0 spiro atoms. The maximum atomic E-state index is 16.2. The first kappa shape index (κ1) is 32.3. The van der Waals surface area contributed by atoms with Gasteiger partial charge in [0.05, 0.1) is 24.6 Å². The maximum absolute atomic E-state index is 16.2. The molecular formula is C26H28FN3Na2O5S. The van der Waals surface area contributed by atoms with Gasteiger partial charge in [-0.15, -0.1) is 0 Å². The predicted octanol–water partition coefficient (Wildman–Crippen LogP) is -1.60. The van der Waals surface area contributed by atoms with Gasteiger partial charge >= 0.3 is 64.8 Å². The molecule has 0 amide bonds. The van der Waals surface area contributed by atoms with Crippen molar-refractivity contribution in [3.8, 4) is 22.6 Å². The van der Waals surface area contributed by atoms with Crippen molar-refractivity contribution >= 4 is 26.5 Å². The fourth-order valence-corrected chi connectivity index (χ4v) is 4.67. The summed E-state index contributed by atoms with van der Waals surface area (Å²) < 4.78 is 48.5. The van der Waals surface area contributed by atoms with Crippen molar-refractivity contribution in [3.63, 3.8) is 0 Å². The Morgan fingerprint density at radius 3 is 2.21 bits per heavy atom. The van der Waals surface area contributed by atoms with Crippen LogP contribution in [0.3, 0.4) is 0 Å². The minimum absolute atomic E-state index is 0. The normalized spacial score (nSPS) is 11.4. The summed E-state index contributed by atoms with van der Waals surface area (Å²) in [5, 5.41) is 1.49. The number of fused-ring (bicyclic) bond motifs is 1. The number of benzene rings is 3. The second kappa shape index (κ2) is 12.1. The van der Waals surface area contributed by atoms with Gasteiger partial charge in [0.25, 0.3) is 5.56 Å². The Labute approximate surface area is 267 Å². The molecule has 0 atom stereocenters. The van der Waals surface area contributed by atoms with Crippen LogP contribution in [-0.4, -0.2) is 31.3 Å². The standard InChI is InChI=1S/C26H26FN3O5S.2Na.2H/c1-26(2,3)19-14-20(30-11-10-21(31)28-25(30)32)23(27)22(24(19)35-4)17-7-6-16-13-18(29-36(5,33)34)9-8-15(16)12-17;;;;/h6-14,29H,1-5H3,(H,28,31,32);;;;/q;2*+1;2*-1. The van der Waals surface area contributed by atoms with Crippen molar-refractivity contribution < 1.29 is 79.5 Å². The summed E-state index contributed by atoms with van der Waals surface area (Å²) in [6.07, 6.45) is 2.31. The van der Waals surface area contributed by atoms with Gasteiger partial charge in [-0.1, -0.05) is 39.0 Å². The van der Waals surface area contributed by atoms with E-state index in [1.165, 1.54) is 13.3 Å². The van der Waals surface area contributed by atoms with Crippen LogP contribution in [0.5, 0.6) is 5.75 Å². The number of anilines is 1. The fourth-order valence-electron chi connectivity index (χ4n) is 4.12. The number of ether oxygens (including phenoxy) is 1. The van der Waals surface area contributed by atoms with Crippen LogP contribution in [0.25, 0.3) is 27.6 Å². The molecule has 0 saturated carbocycles. The molecule has 4 rings (SSSR count). The van der Waals surface area contributed by atoms with Crippen LogP contribution in [0.1, 0.15) is 29.2 Å². The zero-order valence-electron chi connectivity index (χ0n) is 24.5. The molecule has 12 heteroatoms.